The molecule has 1 aliphatic rings. The quantitative estimate of drug-likeness (QED) is 0.177. The third kappa shape index (κ3) is 6.34. The molecule has 0 saturated heterocycles. The maximum absolute atomic E-state index is 13.9. The number of nitrogens with zero attached hydrogens (tertiary/aromatic N) is 3. The van der Waals surface area contributed by atoms with E-state index in [0.29, 0.717) is 56.9 Å². The molecule has 218 valence electrons. The predicted molar refractivity (Wildman–Crippen MR) is 166 cm³/mol. The molecule has 0 radical (unpaired) electrons. The SMILES string of the molecule is CCCSc1nc2n(n1)C(c1ccc(OCc3ccc(Cl)cc3)c(OC)c1)C(C(=O)Nc1ccccc1OC)=C(C)N2. The fraction of sp³-hybridized carbons (Fsp3) is 0.258. The van der Waals surface area contributed by atoms with E-state index < -0.39 is 6.04 Å². The Morgan fingerprint density at radius 3 is 2.55 bits per heavy atom. The molecule has 11 heteroatoms. The average molecular weight is 606 g/mol. The number of ether oxygens (including phenoxy) is 3. The molecule has 0 saturated carbocycles. The number of fused-ring (bicyclic) bond motifs is 1. The van der Waals surface area contributed by atoms with E-state index in [-0.39, 0.29) is 5.91 Å². The summed E-state index contributed by atoms with van der Waals surface area (Å²) in [5, 5.41) is 12.4. The van der Waals surface area contributed by atoms with Crippen LogP contribution >= 0.6 is 23.4 Å². The second-order valence-electron chi connectivity index (χ2n) is 9.56. The number of para-hydroxylation sites is 2. The Hall–Kier alpha value is -4.15. The summed E-state index contributed by atoms with van der Waals surface area (Å²) in [5.74, 6) is 2.82. The van der Waals surface area contributed by atoms with E-state index in [9.17, 15) is 4.79 Å². The number of nitrogens with one attached hydrogen (secondary N) is 2. The normalized spacial score (nSPS) is 14.2. The molecule has 42 heavy (non-hydrogen) atoms. The van der Waals surface area contributed by atoms with Gasteiger partial charge in [-0.3, -0.25) is 4.79 Å². The second-order valence-corrected chi connectivity index (χ2v) is 11.1. The third-order valence-corrected chi connectivity index (χ3v) is 7.97. The zero-order valence-corrected chi connectivity index (χ0v) is 25.4. The van der Waals surface area contributed by atoms with Crippen molar-refractivity contribution < 1.29 is 19.0 Å². The Balaban J connectivity index is 1.51. The molecule has 0 spiro atoms. The predicted octanol–water partition coefficient (Wildman–Crippen LogP) is 6.96. The highest BCUT2D eigenvalue weighted by Crippen LogP contribution is 2.40. The summed E-state index contributed by atoms with van der Waals surface area (Å²) in [5.41, 5.74) is 3.48. The summed E-state index contributed by atoms with van der Waals surface area (Å²) in [7, 11) is 3.16. The Morgan fingerprint density at radius 1 is 1.05 bits per heavy atom. The minimum absolute atomic E-state index is 0.291. The van der Waals surface area contributed by atoms with Crippen LogP contribution in [-0.2, 0) is 11.4 Å². The monoisotopic (exact) mass is 605 g/mol. The van der Waals surface area contributed by atoms with Gasteiger partial charge in [-0.2, -0.15) is 4.98 Å². The number of methoxy groups -OCH3 is 2. The summed E-state index contributed by atoms with van der Waals surface area (Å²) in [6.45, 7) is 4.32. The smallest absolute Gasteiger partial charge is 0.255 e. The van der Waals surface area contributed by atoms with Crippen LogP contribution in [0.5, 0.6) is 17.2 Å². The standard InChI is InChI=1S/C31H32ClN5O4S/c1-5-16-42-31-35-30-33-19(2)27(29(38)34-23-8-6-7-9-24(23)39-3)28(37(30)36-31)21-12-15-25(26(17-21)40-4)41-18-20-10-13-22(32)14-11-20/h6-15,17,28H,5,16,18H2,1-4H3,(H,34,38)(H,33,35,36). The van der Waals surface area contributed by atoms with Crippen LogP contribution in [0.15, 0.2) is 83.2 Å². The second kappa shape index (κ2) is 13.2. The van der Waals surface area contributed by atoms with E-state index in [1.165, 1.54) is 0 Å². The number of carbonyl (C=O) groups excluding carboxylic acids is 1. The highest BCUT2D eigenvalue weighted by atomic mass is 35.5. The maximum Gasteiger partial charge on any atom is 0.255 e. The molecule has 1 aliphatic heterocycles. The number of rotatable bonds is 11. The Morgan fingerprint density at radius 2 is 1.81 bits per heavy atom. The van der Waals surface area contributed by atoms with Crippen molar-refractivity contribution in [2.24, 2.45) is 0 Å². The van der Waals surface area contributed by atoms with Gasteiger partial charge in [-0.15, -0.1) is 5.10 Å². The molecule has 1 atom stereocenters. The first-order valence-corrected chi connectivity index (χ1v) is 14.8. The lowest BCUT2D eigenvalue weighted by atomic mass is 9.94. The first-order chi connectivity index (χ1) is 20.4. The fourth-order valence-electron chi connectivity index (χ4n) is 4.64. The van der Waals surface area contributed by atoms with E-state index in [0.717, 1.165) is 23.3 Å². The number of carbonyl (C=O) groups is 1. The van der Waals surface area contributed by atoms with E-state index in [1.807, 2.05) is 61.5 Å². The van der Waals surface area contributed by atoms with E-state index in [4.69, 9.17) is 35.9 Å². The number of benzene rings is 3. The summed E-state index contributed by atoms with van der Waals surface area (Å²) in [4.78, 5) is 18.6. The van der Waals surface area contributed by atoms with Crippen LogP contribution in [0, 0.1) is 0 Å². The summed E-state index contributed by atoms with van der Waals surface area (Å²) < 4.78 is 19.0. The van der Waals surface area contributed by atoms with Crippen molar-refractivity contribution in [3.63, 3.8) is 0 Å². The Bertz CT molecular complexity index is 1610. The number of thioether (sulfide) groups is 1. The largest absolute Gasteiger partial charge is 0.495 e. The van der Waals surface area contributed by atoms with E-state index in [1.54, 1.807) is 42.8 Å². The van der Waals surface area contributed by atoms with Gasteiger partial charge in [0.2, 0.25) is 11.1 Å². The number of aromatic nitrogens is 3. The van der Waals surface area contributed by atoms with Gasteiger partial charge in [-0.05, 0) is 60.9 Å². The third-order valence-electron chi connectivity index (χ3n) is 6.68. The lowest BCUT2D eigenvalue weighted by molar-refractivity contribution is -0.113. The minimum Gasteiger partial charge on any atom is -0.495 e. The number of anilines is 2. The minimum atomic E-state index is -0.585. The molecule has 1 aromatic heterocycles. The number of hydrogen-bond donors (Lipinski definition) is 2. The molecule has 3 aromatic carbocycles. The van der Waals surface area contributed by atoms with E-state index in [2.05, 4.69) is 17.6 Å². The lowest BCUT2D eigenvalue weighted by Gasteiger charge is -2.29. The molecule has 0 fully saturated rings. The van der Waals surface area contributed by atoms with Crippen LogP contribution in [0.25, 0.3) is 0 Å². The highest BCUT2D eigenvalue weighted by Gasteiger charge is 2.35. The zero-order chi connectivity index (χ0) is 29.6. The van der Waals surface area contributed by atoms with Gasteiger partial charge < -0.3 is 24.8 Å². The van der Waals surface area contributed by atoms with Crippen molar-refractivity contribution in [1.29, 1.82) is 0 Å². The Kier molecular flexibility index (Phi) is 9.24. The average Bonchev–Trinajstić information content (AvgIpc) is 3.41. The van der Waals surface area contributed by atoms with Crippen molar-refractivity contribution >= 4 is 40.9 Å². The molecular formula is C31H32ClN5O4S. The van der Waals surface area contributed by atoms with E-state index >= 15 is 0 Å². The van der Waals surface area contributed by atoms with Gasteiger partial charge in [0, 0.05) is 16.5 Å². The van der Waals surface area contributed by atoms with Gasteiger partial charge in [-0.25, -0.2) is 4.68 Å². The summed E-state index contributed by atoms with van der Waals surface area (Å²) in [6.07, 6.45) is 0.990. The molecule has 0 bridgehead atoms. The van der Waals surface area contributed by atoms with Crippen molar-refractivity contribution in [2.75, 3.05) is 30.6 Å². The molecule has 1 amide bonds. The molecule has 2 heterocycles. The van der Waals surface area contributed by atoms with Crippen LogP contribution in [0.2, 0.25) is 5.02 Å². The van der Waals surface area contributed by atoms with Crippen LogP contribution < -0.4 is 24.8 Å². The van der Waals surface area contributed by atoms with Crippen LogP contribution in [-0.4, -0.2) is 40.6 Å². The molecular weight excluding hydrogens is 574 g/mol. The van der Waals surface area contributed by atoms with Gasteiger partial charge in [0.25, 0.3) is 5.91 Å². The number of halogens is 1. The molecule has 0 aliphatic carbocycles. The molecule has 1 unspecified atom stereocenters. The Labute approximate surface area is 254 Å². The fourth-order valence-corrected chi connectivity index (χ4v) is 5.45. The lowest BCUT2D eigenvalue weighted by Crippen LogP contribution is -2.31. The van der Waals surface area contributed by atoms with Crippen molar-refractivity contribution in [1.82, 2.24) is 14.8 Å². The summed E-state index contributed by atoms with van der Waals surface area (Å²) in [6, 6.07) is 19.8. The van der Waals surface area contributed by atoms with Gasteiger partial charge in [0.15, 0.2) is 11.5 Å². The first kappa shape index (κ1) is 29.3. The number of allylic oxidation sites excluding steroid dienone is 1. The highest BCUT2D eigenvalue weighted by molar-refractivity contribution is 7.99. The van der Waals surface area contributed by atoms with Crippen LogP contribution in [0.4, 0.5) is 11.6 Å². The van der Waals surface area contributed by atoms with Crippen LogP contribution in [0.1, 0.15) is 37.4 Å². The van der Waals surface area contributed by atoms with Gasteiger partial charge in [0.1, 0.15) is 18.4 Å². The molecule has 2 N–H and O–H groups in total. The maximum atomic E-state index is 13.9. The van der Waals surface area contributed by atoms with Crippen molar-refractivity contribution in [2.45, 2.75) is 38.1 Å². The topological polar surface area (TPSA) is 99.5 Å². The first-order valence-electron chi connectivity index (χ1n) is 13.5. The van der Waals surface area contributed by atoms with Crippen molar-refractivity contribution in [3.05, 3.63) is 94.1 Å². The molecule has 5 rings (SSSR count). The van der Waals surface area contributed by atoms with Gasteiger partial charge in [0.05, 0.1) is 25.5 Å². The summed E-state index contributed by atoms with van der Waals surface area (Å²) >= 11 is 7.59. The zero-order valence-electron chi connectivity index (χ0n) is 23.8. The molecule has 4 aromatic rings. The number of amides is 1. The number of hydrogen-bond acceptors (Lipinski definition) is 8. The van der Waals surface area contributed by atoms with Gasteiger partial charge >= 0.3 is 0 Å². The van der Waals surface area contributed by atoms with Crippen molar-refractivity contribution in [3.8, 4) is 17.2 Å². The van der Waals surface area contributed by atoms with Gasteiger partial charge in [-0.1, -0.05) is 60.6 Å². The van der Waals surface area contributed by atoms with Crippen LogP contribution in [0.3, 0.4) is 0 Å². The molecule has 9 nitrogen and oxygen atoms in total.